The Labute approximate surface area is 230 Å². The summed E-state index contributed by atoms with van der Waals surface area (Å²) in [7, 11) is 1.76. The second kappa shape index (κ2) is 13.9. The van der Waals surface area contributed by atoms with Crippen LogP contribution in [0.25, 0.3) is 11.8 Å². The van der Waals surface area contributed by atoms with Crippen LogP contribution in [-0.2, 0) is 16.1 Å². The Morgan fingerprint density at radius 2 is 2.18 bits per heavy atom. The van der Waals surface area contributed by atoms with Crippen molar-refractivity contribution in [2.75, 3.05) is 48.9 Å². The molecule has 200 valence electrons. The van der Waals surface area contributed by atoms with Crippen LogP contribution in [0.3, 0.4) is 0 Å². The predicted molar refractivity (Wildman–Crippen MR) is 155 cm³/mol. The van der Waals surface area contributed by atoms with Crippen LogP contribution < -0.4 is 30.3 Å². The lowest BCUT2D eigenvalue weighted by atomic mass is 10.2. The Morgan fingerprint density at radius 1 is 1.39 bits per heavy atom. The van der Waals surface area contributed by atoms with E-state index in [1.54, 1.807) is 36.8 Å². The van der Waals surface area contributed by atoms with Gasteiger partial charge in [-0.25, -0.2) is 0 Å². The average Bonchev–Trinajstić information content (AvgIpc) is 3.49. The maximum Gasteiger partial charge on any atom is 0.270 e. The van der Waals surface area contributed by atoms with Crippen LogP contribution in [0.1, 0.15) is 19.8 Å². The lowest BCUT2D eigenvalue weighted by Crippen LogP contribution is -2.41. The summed E-state index contributed by atoms with van der Waals surface area (Å²) < 4.78 is 1.99. The first-order chi connectivity index (χ1) is 18.3. The second-order valence-electron chi connectivity index (χ2n) is 8.71. The number of rotatable bonds is 10. The molecule has 1 aliphatic heterocycles. The van der Waals surface area contributed by atoms with Crippen LogP contribution in [0.15, 0.2) is 29.1 Å². The number of carbonyl (C=O) groups is 2. The number of amides is 2. The molecule has 3 rings (SSSR count). The standard InChI is InChI=1S/C27H32N6O3S2/c1-5-12-29-25(35)22(15-28)27-33(6-2)26(36)23(38-27)16-30-19-9-7-10-20(14-19)31(3)24(34)17-32-13-8-11-21(32)18-37-4/h1,7,9-10,14,16,21,30H,6,8,11-13,17-18H2,2-4H3,(H,29,35). The molecule has 0 aliphatic carbocycles. The van der Waals surface area contributed by atoms with Gasteiger partial charge in [0.05, 0.1) is 13.1 Å². The highest BCUT2D eigenvalue weighted by molar-refractivity contribution is 7.98. The molecule has 1 aromatic heterocycles. The summed E-state index contributed by atoms with van der Waals surface area (Å²) in [5.74, 6) is 2.72. The SMILES string of the molecule is C#CCNC(=O)C(C#N)=c1sc(=CNc2cccc(N(C)C(=O)CN3CCCC3CSC)c2)c(=O)n1CC. The van der Waals surface area contributed by atoms with Gasteiger partial charge in [-0.05, 0) is 50.8 Å². The highest BCUT2D eigenvalue weighted by atomic mass is 32.2. The zero-order valence-corrected chi connectivity index (χ0v) is 23.5. The zero-order chi connectivity index (χ0) is 27.7. The smallest absolute Gasteiger partial charge is 0.270 e. The number of hydrogen-bond donors (Lipinski definition) is 2. The number of nitriles is 1. The Bertz CT molecular complexity index is 1430. The van der Waals surface area contributed by atoms with Crippen LogP contribution in [-0.4, -0.2) is 66.0 Å². The summed E-state index contributed by atoms with van der Waals surface area (Å²) >= 11 is 2.86. The number of likely N-dealkylation sites (tertiary alicyclic amines) is 1. The number of anilines is 2. The minimum Gasteiger partial charge on any atom is -0.360 e. The van der Waals surface area contributed by atoms with Crippen molar-refractivity contribution in [3.8, 4) is 18.4 Å². The van der Waals surface area contributed by atoms with E-state index in [2.05, 4.69) is 27.7 Å². The summed E-state index contributed by atoms with van der Waals surface area (Å²) in [6, 6.07) is 9.70. The van der Waals surface area contributed by atoms with Gasteiger partial charge in [0.25, 0.3) is 11.5 Å². The third-order valence-corrected chi connectivity index (χ3v) is 8.15. The molecule has 1 saturated heterocycles. The number of aromatic nitrogens is 1. The van der Waals surface area contributed by atoms with Gasteiger partial charge in [0, 0.05) is 43.0 Å². The molecule has 0 radical (unpaired) electrons. The van der Waals surface area contributed by atoms with E-state index in [-0.39, 0.29) is 28.2 Å². The van der Waals surface area contributed by atoms with Crippen LogP contribution in [0.2, 0.25) is 0 Å². The summed E-state index contributed by atoms with van der Waals surface area (Å²) in [6.45, 7) is 3.37. The number of likely N-dealkylation sites (N-methyl/N-ethyl adjacent to an activating group) is 1. The largest absolute Gasteiger partial charge is 0.360 e. The molecule has 0 bridgehead atoms. The summed E-state index contributed by atoms with van der Waals surface area (Å²) in [6.07, 6.45) is 11.1. The van der Waals surface area contributed by atoms with Crippen molar-refractivity contribution >= 4 is 58.1 Å². The van der Waals surface area contributed by atoms with Gasteiger partial charge >= 0.3 is 0 Å². The van der Waals surface area contributed by atoms with Gasteiger partial charge in [0.2, 0.25) is 5.91 Å². The van der Waals surface area contributed by atoms with E-state index in [4.69, 9.17) is 6.42 Å². The first-order valence-corrected chi connectivity index (χ1v) is 14.5. The third kappa shape index (κ3) is 6.87. The number of nitrogens with one attached hydrogen (secondary N) is 2. The van der Waals surface area contributed by atoms with Crippen molar-refractivity contribution in [1.82, 2.24) is 14.8 Å². The Balaban J connectivity index is 1.83. The molecule has 11 heteroatoms. The number of thiazole rings is 1. The van der Waals surface area contributed by atoms with Crippen LogP contribution in [0.4, 0.5) is 11.4 Å². The van der Waals surface area contributed by atoms with Crippen LogP contribution in [0, 0.1) is 23.7 Å². The van der Waals surface area contributed by atoms with Gasteiger partial charge in [-0.15, -0.1) is 17.8 Å². The highest BCUT2D eigenvalue weighted by Crippen LogP contribution is 2.22. The molecule has 1 aromatic carbocycles. The van der Waals surface area contributed by atoms with E-state index in [0.29, 0.717) is 29.4 Å². The number of carbonyl (C=O) groups excluding carboxylic acids is 2. The van der Waals surface area contributed by atoms with Crippen LogP contribution in [0.5, 0.6) is 0 Å². The molecular formula is C27H32N6O3S2. The fourth-order valence-electron chi connectivity index (χ4n) is 4.27. The molecule has 1 fully saturated rings. The molecule has 9 nitrogen and oxygen atoms in total. The molecule has 1 atom stereocenters. The monoisotopic (exact) mass is 552 g/mol. The molecule has 0 spiro atoms. The van der Waals surface area contributed by atoms with Crippen molar-refractivity contribution in [3.63, 3.8) is 0 Å². The van der Waals surface area contributed by atoms with Crippen molar-refractivity contribution in [1.29, 1.82) is 5.26 Å². The molecule has 2 aromatic rings. The fourth-order valence-corrected chi connectivity index (χ4v) is 6.12. The van der Waals surface area contributed by atoms with Crippen molar-refractivity contribution < 1.29 is 9.59 Å². The van der Waals surface area contributed by atoms with Gasteiger partial charge < -0.3 is 15.5 Å². The Morgan fingerprint density at radius 3 is 2.87 bits per heavy atom. The second-order valence-corrected chi connectivity index (χ2v) is 10.6. The van der Waals surface area contributed by atoms with E-state index in [1.165, 1.54) is 4.57 Å². The number of nitrogens with zero attached hydrogens (tertiary/aromatic N) is 4. The predicted octanol–water partition coefficient (Wildman–Crippen LogP) is 0.994. The lowest BCUT2D eigenvalue weighted by molar-refractivity contribution is -0.119. The fraction of sp³-hybridized carbons (Fsp3) is 0.407. The lowest BCUT2D eigenvalue weighted by Gasteiger charge is -2.26. The topological polar surface area (TPSA) is 110 Å². The molecule has 0 saturated carbocycles. The average molecular weight is 553 g/mol. The molecule has 2 N–H and O–H groups in total. The maximum absolute atomic E-state index is 13.0. The van der Waals surface area contributed by atoms with Gasteiger partial charge in [0.15, 0.2) is 5.57 Å². The molecule has 2 heterocycles. The zero-order valence-electron chi connectivity index (χ0n) is 21.8. The van der Waals surface area contributed by atoms with E-state index in [0.717, 1.165) is 42.2 Å². The molecule has 1 unspecified atom stereocenters. The van der Waals surface area contributed by atoms with Crippen LogP contribution >= 0.6 is 23.1 Å². The summed E-state index contributed by atoms with van der Waals surface area (Å²) in [4.78, 5) is 42.3. The summed E-state index contributed by atoms with van der Waals surface area (Å²) in [5.41, 5.74) is 0.949. The maximum atomic E-state index is 13.0. The van der Waals surface area contributed by atoms with E-state index in [1.807, 2.05) is 30.3 Å². The quantitative estimate of drug-likeness (QED) is 0.423. The number of terminal acetylenes is 1. The van der Waals surface area contributed by atoms with Crippen molar-refractivity contribution in [2.45, 2.75) is 32.4 Å². The third-order valence-electron chi connectivity index (χ3n) is 6.30. The molecule has 38 heavy (non-hydrogen) atoms. The van der Waals surface area contributed by atoms with E-state index >= 15 is 0 Å². The first-order valence-electron chi connectivity index (χ1n) is 12.3. The number of hydrogen-bond acceptors (Lipinski definition) is 8. The van der Waals surface area contributed by atoms with Gasteiger partial charge in [-0.3, -0.25) is 23.9 Å². The normalized spacial score (nSPS) is 16.4. The van der Waals surface area contributed by atoms with Crippen molar-refractivity contribution in [2.24, 2.45) is 0 Å². The highest BCUT2D eigenvalue weighted by Gasteiger charge is 2.27. The first kappa shape index (κ1) is 29.1. The van der Waals surface area contributed by atoms with Crippen molar-refractivity contribution in [3.05, 3.63) is 43.8 Å². The molecule has 1 aliphatic rings. The minimum atomic E-state index is -0.623. The number of thioether (sulfide) groups is 1. The Kier molecular flexibility index (Phi) is 10.6. The Hall–Kier alpha value is -3.51. The minimum absolute atomic E-state index is 0.0179. The van der Waals surface area contributed by atoms with E-state index < -0.39 is 5.91 Å². The molecule has 2 amide bonds. The van der Waals surface area contributed by atoms with Gasteiger partial charge in [-0.2, -0.15) is 17.0 Å². The number of benzene rings is 1. The van der Waals surface area contributed by atoms with Gasteiger partial charge in [-0.1, -0.05) is 12.0 Å². The van der Waals surface area contributed by atoms with Gasteiger partial charge in [0.1, 0.15) is 15.3 Å². The summed E-state index contributed by atoms with van der Waals surface area (Å²) in [5, 5.41) is 15.2. The van der Waals surface area contributed by atoms with E-state index in [9.17, 15) is 19.6 Å². The molecular weight excluding hydrogens is 520 g/mol.